The third-order valence-corrected chi connectivity index (χ3v) is 8.91. The molecule has 0 aromatic carbocycles. The molecule has 2 rings (SSSR count). The van der Waals surface area contributed by atoms with Gasteiger partial charge in [-0.05, 0) is 82.2 Å². The molecule has 5 heteroatoms. The second-order valence-electron chi connectivity index (χ2n) is 14.4. The van der Waals surface area contributed by atoms with Crippen molar-refractivity contribution in [2.24, 2.45) is 10.8 Å². The van der Waals surface area contributed by atoms with Gasteiger partial charge in [0.05, 0.1) is 17.3 Å². The van der Waals surface area contributed by atoms with Crippen molar-refractivity contribution in [3.8, 4) is 0 Å². The largest absolute Gasteiger partial charge is 0.393 e. The molecule has 0 bridgehead atoms. The van der Waals surface area contributed by atoms with Crippen LogP contribution in [0.15, 0.2) is 112 Å². The van der Waals surface area contributed by atoms with Gasteiger partial charge in [0.25, 0.3) is 0 Å². The number of allylic oxidation sites excluding steroid dienone is 15. The summed E-state index contributed by atoms with van der Waals surface area (Å²) in [6, 6.07) is 0. The Balaban J connectivity index is 1.98. The highest BCUT2D eigenvalue weighted by molar-refractivity contribution is 5.97. The molecule has 2 aliphatic carbocycles. The fraction of sp³-hybridized carbons (Fsp3) is 0.475. The van der Waals surface area contributed by atoms with E-state index in [9.17, 15) is 24.9 Å². The number of aliphatic hydroxyl groups excluding tert-OH is 1. The van der Waals surface area contributed by atoms with Crippen molar-refractivity contribution in [2.75, 3.05) is 0 Å². The third kappa shape index (κ3) is 10.6. The van der Waals surface area contributed by atoms with Gasteiger partial charge in [0.2, 0.25) is 0 Å². The van der Waals surface area contributed by atoms with Crippen LogP contribution in [-0.4, -0.2) is 44.2 Å². The van der Waals surface area contributed by atoms with Gasteiger partial charge in [0.15, 0.2) is 11.6 Å². The maximum atomic E-state index is 12.9. The fourth-order valence-electron chi connectivity index (χ4n) is 6.23. The number of hydrogen-bond donors (Lipinski definition) is 3. The summed E-state index contributed by atoms with van der Waals surface area (Å²) in [5, 5.41) is 32.3. The molecule has 0 saturated heterocycles. The molecule has 0 radical (unpaired) electrons. The number of aliphatic hydroxyl groups is 3. The van der Waals surface area contributed by atoms with Crippen LogP contribution in [0.4, 0.5) is 0 Å². The number of ketones is 2. The van der Waals surface area contributed by atoms with Gasteiger partial charge in [-0.3, -0.25) is 9.59 Å². The van der Waals surface area contributed by atoms with Crippen LogP contribution in [0.2, 0.25) is 0 Å². The topological polar surface area (TPSA) is 94.8 Å². The first-order chi connectivity index (χ1) is 20.7. The van der Waals surface area contributed by atoms with E-state index in [1.165, 1.54) is 6.08 Å². The molecule has 0 spiro atoms. The van der Waals surface area contributed by atoms with Crippen LogP contribution in [0.1, 0.15) is 94.9 Å². The van der Waals surface area contributed by atoms with Crippen molar-refractivity contribution >= 4 is 11.6 Å². The highest BCUT2D eigenvalue weighted by atomic mass is 16.3. The molecule has 2 aliphatic rings. The van der Waals surface area contributed by atoms with Crippen molar-refractivity contribution in [3.63, 3.8) is 0 Å². The number of carbonyl (C=O) groups excluding carboxylic acids is 2. The van der Waals surface area contributed by atoms with Crippen LogP contribution in [-0.2, 0) is 9.59 Å². The summed E-state index contributed by atoms with van der Waals surface area (Å²) in [6.07, 6.45) is 23.4. The van der Waals surface area contributed by atoms with Gasteiger partial charge in [-0.2, -0.15) is 0 Å². The Morgan fingerprint density at radius 1 is 0.867 bits per heavy atom. The van der Waals surface area contributed by atoms with Crippen molar-refractivity contribution in [3.05, 3.63) is 112 Å². The lowest BCUT2D eigenvalue weighted by Gasteiger charge is -2.45. The molecule has 0 aliphatic heterocycles. The smallest absolute Gasteiger partial charge is 0.161 e. The zero-order valence-electron chi connectivity index (χ0n) is 29.0. The molecule has 1 saturated carbocycles. The van der Waals surface area contributed by atoms with E-state index in [1.54, 1.807) is 26.8 Å². The molecule has 0 heterocycles. The SMILES string of the molecule is CC1=CC(=O)CC(C)(C)C1(O)CC(=O)/C(C)=C/C=C/C(C)=C/C=C/C=C(C)/C=C/C=C(\C)C=C=C1C(C)(C)CC(O)CC1(C)O. The van der Waals surface area contributed by atoms with E-state index in [1.807, 2.05) is 109 Å². The third-order valence-electron chi connectivity index (χ3n) is 8.91. The monoisotopic (exact) mass is 614 g/mol. The lowest BCUT2D eigenvalue weighted by atomic mass is 9.62. The van der Waals surface area contributed by atoms with Crippen molar-refractivity contribution in [1.29, 1.82) is 0 Å². The zero-order valence-corrected chi connectivity index (χ0v) is 29.0. The Bertz CT molecular complexity index is 1440. The highest BCUT2D eigenvalue weighted by Gasteiger charge is 2.49. The summed E-state index contributed by atoms with van der Waals surface area (Å²) in [4.78, 5) is 24.9. The number of rotatable bonds is 10. The molecule has 0 amide bonds. The van der Waals surface area contributed by atoms with E-state index in [0.29, 0.717) is 24.0 Å². The average molecular weight is 615 g/mol. The maximum Gasteiger partial charge on any atom is 0.161 e. The summed E-state index contributed by atoms with van der Waals surface area (Å²) < 4.78 is 0. The summed E-state index contributed by atoms with van der Waals surface area (Å²) >= 11 is 0. The van der Waals surface area contributed by atoms with Crippen LogP contribution < -0.4 is 0 Å². The molecule has 3 N–H and O–H groups in total. The minimum absolute atomic E-state index is 0.0212. The second kappa shape index (κ2) is 15.3. The van der Waals surface area contributed by atoms with Crippen LogP contribution in [0, 0.1) is 10.8 Å². The van der Waals surface area contributed by atoms with Gasteiger partial charge in [-0.1, -0.05) is 99.6 Å². The van der Waals surface area contributed by atoms with E-state index >= 15 is 0 Å². The van der Waals surface area contributed by atoms with Crippen LogP contribution in [0.5, 0.6) is 0 Å². The minimum atomic E-state index is -1.34. The number of Topliss-reactive ketones (excluding diaryl/α,β-unsaturated/α-hetero) is 1. The lowest BCUT2D eigenvalue weighted by molar-refractivity contribution is -0.132. The first-order valence-corrected chi connectivity index (χ1v) is 15.8. The number of hydrogen-bond acceptors (Lipinski definition) is 5. The predicted octanol–water partition coefficient (Wildman–Crippen LogP) is 8.09. The predicted molar refractivity (Wildman–Crippen MR) is 185 cm³/mol. The molecule has 1 fully saturated rings. The standard InChI is InChI=1S/C40H54O5/c1-28(17-13-18-30(3)21-22-36-37(6,7)24-34(42)26-39(36,10)44)15-11-12-16-29(2)19-14-20-31(4)35(43)27-40(45)32(5)23-33(41)25-38(40,8)9/h11-21,23,34,42,44-45H,24-27H2,1-10H3/b12-11+,17-13+,19-14+,28-15+,29-16+,30-18+,31-20+. The van der Waals surface area contributed by atoms with Crippen LogP contribution >= 0.6 is 0 Å². The Morgan fingerprint density at radius 3 is 1.93 bits per heavy atom. The maximum absolute atomic E-state index is 12.9. The molecule has 0 aromatic rings. The first kappa shape index (κ1) is 37.8. The van der Waals surface area contributed by atoms with Crippen LogP contribution in [0.3, 0.4) is 0 Å². The first-order valence-electron chi connectivity index (χ1n) is 15.8. The van der Waals surface area contributed by atoms with E-state index in [2.05, 4.69) is 5.73 Å². The summed E-state index contributed by atoms with van der Waals surface area (Å²) in [5.41, 5.74) is 4.88. The Hall–Kier alpha value is -3.34. The van der Waals surface area contributed by atoms with E-state index in [0.717, 1.165) is 22.3 Å². The molecule has 5 nitrogen and oxygen atoms in total. The van der Waals surface area contributed by atoms with Crippen molar-refractivity contribution in [1.82, 2.24) is 0 Å². The Morgan fingerprint density at radius 2 is 1.40 bits per heavy atom. The molecule has 244 valence electrons. The fourth-order valence-corrected chi connectivity index (χ4v) is 6.23. The highest BCUT2D eigenvalue weighted by Crippen LogP contribution is 2.46. The van der Waals surface area contributed by atoms with E-state index in [4.69, 9.17) is 0 Å². The van der Waals surface area contributed by atoms with E-state index < -0.39 is 22.7 Å². The summed E-state index contributed by atoms with van der Waals surface area (Å²) in [5.74, 6) is -0.167. The van der Waals surface area contributed by atoms with Gasteiger partial charge >= 0.3 is 0 Å². The zero-order chi connectivity index (χ0) is 34.2. The quantitative estimate of drug-likeness (QED) is 0.131. The van der Waals surface area contributed by atoms with Gasteiger partial charge in [-0.25, -0.2) is 0 Å². The van der Waals surface area contributed by atoms with Gasteiger partial charge in [-0.15, -0.1) is 5.73 Å². The normalized spacial score (nSPS) is 28.2. The second-order valence-corrected chi connectivity index (χ2v) is 14.4. The average Bonchev–Trinajstić information content (AvgIpc) is 2.88. The Kier molecular flexibility index (Phi) is 12.9. The molecule has 45 heavy (non-hydrogen) atoms. The van der Waals surface area contributed by atoms with Crippen molar-refractivity contribution in [2.45, 2.75) is 112 Å². The summed E-state index contributed by atoms with van der Waals surface area (Å²) in [7, 11) is 0. The lowest BCUT2D eigenvalue weighted by Crippen LogP contribution is -2.50. The van der Waals surface area contributed by atoms with Gasteiger partial charge in [0.1, 0.15) is 0 Å². The summed E-state index contributed by atoms with van der Waals surface area (Å²) in [6.45, 7) is 18.9. The van der Waals surface area contributed by atoms with Gasteiger partial charge < -0.3 is 15.3 Å². The molecular formula is C40H54O5. The molecule has 0 aromatic heterocycles. The molecular weight excluding hydrogens is 560 g/mol. The van der Waals surface area contributed by atoms with Crippen molar-refractivity contribution < 1.29 is 24.9 Å². The number of carbonyl (C=O) groups is 2. The molecule has 3 unspecified atom stereocenters. The van der Waals surface area contributed by atoms with Crippen LogP contribution in [0.25, 0.3) is 0 Å². The van der Waals surface area contributed by atoms with Gasteiger partial charge in [0, 0.05) is 30.3 Å². The minimum Gasteiger partial charge on any atom is -0.393 e. The van der Waals surface area contributed by atoms with E-state index in [-0.39, 0.29) is 29.8 Å². The molecule has 3 atom stereocenters. The Labute approximate surface area is 271 Å².